The fourth-order valence-electron chi connectivity index (χ4n) is 4.91. The molecule has 3 unspecified atom stereocenters. The van der Waals surface area contributed by atoms with Crippen molar-refractivity contribution in [2.45, 2.75) is 57.5 Å². The molecule has 1 aliphatic heterocycles. The molecule has 186 valence electrons. The predicted molar refractivity (Wildman–Crippen MR) is 132 cm³/mol. The Labute approximate surface area is 206 Å². The third-order valence-corrected chi connectivity index (χ3v) is 6.89. The molecule has 0 aromatic heterocycles. The predicted octanol–water partition coefficient (Wildman–Crippen LogP) is 4.89. The third-order valence-electron chi connectivity index (χ3n) is 6.89. The van der Waals surface area contributed by atoms with Crippen molar-refractivity contribution in [1.82, 2.24) is 5.32 Å². The van der Waals surface area contributed by atoms with Gasteiger partial charge in [-0.25, -0.2) is 0 Å². The number of allylic oxidation sites excluding steroid dienone is 2. The van der Waals surface area contributed by atoms with Gasteiger partial charge in [-0.3, -0.25) is 9.59 Å². The van der Waals surface area contributed by atoms with Gasteiger partial charge < -0.3 is 24.3 Å². The van der Waals surface area contributed by atoms with Crippen LogP contribution in [0.25, 0.3) is 0 Å². The van der Waals surface area contributed by atoms with Crippen LogP contribution in [0.5, 0.6) is 23.0 Å². The first-order chi connectivity index (χ1) is 16.9. The van der Waals surface area contributed by atoms with E-state index in [2.05, 4.69) is 12.2 Å². The molecule has 1 N–H and O–H groups in total. The smallest absolute Gasteiger partial charge is 0.225 e. The zero-order valence-electron chi connectivity index (χ0n) is 21.0. The third kappa shape index (κ3) is 4.99. The summed E-state index contributed by atoms with van der Waals surface area (Å²) in [6, 6.07) is 11.5. The molecule has 2 aromatic carbocycles. The monoisotopic (exact) mass is 479 g/mol. The highest BCUT2D eigenvalue weighted by molar-refractivity contribution is 6.02. The number of nitrogens with one attached hydrogen (secondary N) is 1. The number of methoxy groups -OCH3 is 3. The van der Waals surface area contributed by atoms with Crippen LogP contribution in [-0.2, 0) is 9.59 Å². The Kier molecular flexibility index (Phi) is 7.34. The molecule has 0 fully saturated rings. The largest absolute Gasteiger partial charge is 0.493 e. The molecular formula is C28H33NO6. The fourth-order valence-corrected chi connectivity index (χ4v) is 4.91. The first-order valence-electron chi connectivity index (χ1n) is 12.0. The summed E-state index contributed by atoms with van der Waals surface area (Å²) in [5.41, 5.74) is 3.27. The Morgan fingerprint density at radius 3 is 2.14 bits per heavy atom. The number of hydrogen-bond donors (Lipinski definition) is 1. The molecule has 2 aliphatic rings. The lowest BCUT2D eigenvalue weighted by Crippen LogP contribution is -2.38. The second-order valence-electron chi connectivity index (χ2n) is 9.09. The van der Waals surface area contributed by atoms with E-state index in [0.29, 0.717) is 41.4 Å². The Hall–Kier alpha value is -3.48. The molecule has 1 aliphatic carbocycles. The van der Waals surface area contributed by atoms with Gasteiger partial charge in [0.15, 0.2) is 17.3 Å². The van der Waals surface area contributed by atoms with E-state index in [0.717, 1.165) is 23.3 Å². The first-order valence-corrected chi connectivity index (χ1v) is 12.0. The van der Waals surface area contributed by atoms with Crippen molar-refractivity contribution >= 4 is 11.7 Å². The topological polar surface area (TPSA) is 83.1 Å². The van der Waals surface area contributed by atoms with Crippen LogP contribution in [0.3, 0.4) is 0 Å². The highest BCUT2D eigenvalue weighted by atomic mass is 16.5. The van der Waals surface area contributed by atoms with Crippen molar-refractivity contribution in [2.24, 2.45) is 0 Å². The number of ketones is 1. The second-order valence-corrected chi connectivity index (χ2v) is 9.09. The molecule has 0 saturated heterocycles. The fraction of sp³-hybridized carbons (Fsp3) is 0.429. The highest BCUT2D eigenvalue weighted by Gasteiger charge is 2.38. The van der Waals surface area contributed by atoms with Crippen LogP contribution < -0.4 is 24.3 Å². The maximum Gasteiger partial charge on any atom is 0.225 e. The summed E-state index contributed by atoms with van der Waals surface area (Å²) in [6.45, 7) is 4.11. The van der Waals surface area contributed by atoms with E-state index in [4.69, 9.17) is 18.9 Å². The summed E-state index contributed by atoms with van der Waals surface area (Å²) in [4.78, 5) is 26.1. The Morgan fingerprint density at radius 1 is 0.914 bits per heavy atom. The van der Waals surface area contributed by atoms with Crippen LogP contribution in [0.4, 0.5) is 0 Å². The van der Waals surface area contributed by atoms with E-state index in [1.54, 1.807) is 21.3 Å². The minimum absolute atomic E-state index is 0.0509. The molecule has 4 rings (SSSR count). The quantitative estimate of drug-likeness (QED) is 0.580. The zero-order valence-corrected chi connectivity index (χ0v) is 21.0. The average Bonchev–Trinajstić information content (AvgIpc) is 2.87. The number of rotatable bonds is 8. The number of carbonyl (C=O) groups excluding carboxylic acids is 2. The number of carbonyl (C=O) groups is 2. The van der Waals surface area contributed by atoms with E-state index in [9.17, 15) is 9.59 Å². The lowest BCUT2D eigenvalue weighted by molar-refractivity contribution is -0.122. The van der Waals surface area contributed by atoms with Crippen molar-refractivity contribution in [3.63, 3.8) is 0 Å². The molecule has 35 heavy (non-hydrogen) atoms. The first kappa shape index (κ1) is 24.6. The maximum atomic E-state index is 13.5. The van der Waals surface area contributed by atoms with Gasteiger partial charge >= 0.3 is 0 Å². The SMILES string of the molecule is CCC(C)Oc1ccc(C2CC(=O)NC3=C2C(=O)CC(c2cc(OC)c(OC)c(OC)c2)C3)cc1. The average molecular weight is 480 g/mol. The standard InChI is InChI=1S/C28H33NO6/c1-6-16(2)35-20-9-7-17(8-10-20)21-15-26(31)29-22-11-18(12-23(30)27(21)22)19-13-24(32-3)28(34-5)25(14-19)33-4/h7-10,13-14,16,18,21H,6,11-12,15H2,1-5H3,(H,29,31). The molecule has 0 saturated carbocycles. The molecule has 3 atom stereocenters. The van der Waals surface area contributed by atoms with Crippen molar-refractivity contribution < 1.29 is 28.5 Å². The molecular weight excluding hydrogens is 446 g/mol. The molecule has 1 amide bonds. The van der Waals surface area contributed by atoms with Crippen molar-refractivity contribution in [3.8, 4) is 23.0 Å². The van der Waals surface area contributed by atoms with Crippen molar-refractivity contribution in [1.29, 1.82) is 0 Å². The van der Waals surface area contributed by atoms with Gasteiger partial charge in [0.25, 0.3) is 0 Å². The second kappa shape index (κ2) is 10.4. The Bertz CT molecular complexity index is 1110. The summed E-state index contributed by atoms with van der Waals surface area (Å²) in [5, 5.41) is 2.98. The number of amides is 1. The van der Waals surface area contributed by atoms with E-state index < -0.39 is 0 Å². The van der Waals surface area contributed by atoms with E-state index in [-0.39, 0.29) is 36.1 Å². The molecule has 0 radical (unpaired) electrons. The van der Waals surface area contributed by atoms with Gasteiger partial charge in [0.1, 0.15) is 5.75 Å². The normalized spacial score (nSPS) is 20.6. The number of Topliss-reactive ketones (excluding diaryl/α,β-unsaturated/α-hetero) is 1. The van der Waals surface area contributed by atoms with Gasteiger partial charge in [-0.15, -0.1) is 0 Å². The van der Waals surface area contributed by atoms with Crippen LogP contribution in [0, 0.1) is 0 Å². The van der Waals surface area contributed by atoms with Crippen LogP contribution >= 0.6 is 0 Å². The van der Waals surface area contributed by atoms with E-state index >= 15 is 0 Å². The number of benzene rings is 2. The van der Waals surface area contributed by atoms with E-state index in [1.165, 1.54) is 0 Å². The molecule has 1 heterocycles. The van der Waals surface area contributed by atoms with Crippen LogP contribution in [0.1, 0.15) is 62.5 Å². The molecule has 0 bridgehead atoms. The summed E-state index contributed by atoms with van der Waals surface area (Å²) >= 11 is 0. The van der Waals surface area contributed by atoms with Gasteiger partial charge in [0.2, 0.25) is 11.7 Å². The summed E-state index contributed by atoms with van der Waals surface area (Å²) in [5.74, 6) is 1.98. The van der Waals surface area contributed by atoms with Gasteiger partial charge in [0, 0.05) is 30.0 Å². The lowest BCUT2D eigenvalue weighted by atomic mass is 9.73. The Balaban J connectivity index is 1.64. The Morgan fingerprint density at radius 2 is 1.57 bits per heavy atom. The lowest BCUT2D eigenvalue weighted by Gasteiger charge is -2.34. The van der Waals surface area contributed by atoms with Crippen LogP contribution in [-0.4, -0.2) is 39.1 Å². The zero-order chi connectivity index (χ0) is 25.1. The molecule has 0 spiro atoms. The number of hydrogen-bond acceptors (Lipinski definition) is 6. The van der Waals surface area contributed by atoms with Crippen LogP contribution in [0.15, 0.2) is 47.7 Å². The van der Waals surface area contributed by atoms with Crippen molar-refractivity contribution in [2.75, 3.05) is 21.3 Å². The van der Waals surface area contributed by atoms with Crippen LogP contribution in [0.2, 0.25) is 0 Å². The number of ether oxygens (including phenoxy) is 4. The summed E-state index contributed by atoms with van der Waals surface area (Å²) in [6.07, 6.45) is 2.20. The molecule has 7 heteroatoms. The van der Waals surface area contributed by atoms with Gasteiger partial charge in [-0.05, 0) is 61.1 Å². The van der Waals surface area contributed by atoms with Gasteiger partial charge in [-0.1, -0.05) is 19.1 Å². The van der Waals surface area contributed by atoms with E-state index in [1.807, 2.05) is 43.3 Å². The minimum Gasteiger partial charge on any atom is -0.493 e. The van der Waals surface area contributed by atoms with Crippen molar-refractivity contribution in [3.05, 3.63) is 58.8 Å². The minimum atomic E-state index is -0.259. The van der Waals surface area contributed by atoms with Gasteiger partial charge in [0.05, 0.1) is 27.4 Å². The van der Waals surface area contributed by atoms with Gasteiger partial charge in [-0.2, -0.15) is 0 Å². The summed E-state index contributed by atoms with van der Waals surface area (Å²) < 4.78 is 22.3. The molecule has 2 aromatic rings. The molecule has 7 nitrogen and oxygen atoms in total. The maximum absolute atomic E-state index is 13.5. The highest BCUT2D eigenvalue weighted by Crippen LogP contribution is 2.46. The summed E-state index contributed by atoms with van der Waals surface area (Å²) in [7, 11) is 4.69.